The van der Waals surface area contributed by atoms with E-state index in [1.165, 1.54) is 11.3 Å². The van der Waals surface area contributed by atoms with Gasteiger partial charge in [0.05, 0.1) is 16.6 Å². The summed E-state index contributed by atoms with van der Waals surface area (Å²) in [6.07, 6.45) is 3.17. The van der Waals surface area contributed by atoms with Gasteiger partial charge in [-0.15, -0.1) is 0 Å². The zero-order valence-electron chi connectivity index (χ0n) is 14.7. The fourth-order valence-corrected chi connectivity index (χ4v) is 4.06. The smallest absolute Gasteiger partial charge is 0.306 e. The number of nitrogens with one attached hydrogen (secondary N) is 1. The van der Waals surface area contributed by atoms with E-state index in [0.29, 0.717) is 17.0 Å². The van der Waals surface area contributed by atoms with Crippen molar-refractivity contribution >= 4 is 38.6 Å². The number of thiazole rings is 1. The van der Waals surface area contributed by atoms with Gasteiger partial charge in [0.15, 0.2) is 5.13 Å². The van der Waals surface area contributed by atoms with Crippen LogP contribution in [0.2, 0.25) is 0 Å². The molecule has 6 heteroatoms. The molecule has 25 heavy (non-hydrogen) atoms. The molecule has 1 saturated carbocycles. The molecule has 0 spiro atoms. The summed E-state index contributed by atoms with van der Waals surface area (Å²) < 4.78 is 6.55. The number of aromatic nitrogens is 1. The Morgan fingerprint density at radius 2 is 2.00 bits per heavy atom. The van der Waals surface area contributed by atoms with E-state index in [-0.39, 0.29) is 30.8 Å². The van der Waals surface area contributed by atoms with Crippen LogP contribution in [0.5, 0.6) is 0 Å². The molecule has 1 aliphatic carbocycles. The lowest BCUT2D eigenvalue weighted by Crippen LogP contribution is -2.29. The summed E-state index contributed by atoms with van der Waals surface area (Å²) >= 11 is 1.43. The van der Waals surface area contributed by atoms with Crippen LogP contribution >= 0.6 is 11.3 Å². The van der Waals surface area contributed by atoms with Gasteiger partial charge in [0.1, 0.15) is 6.10 Å². The molecule has 0 bridgehead atoms. The summed E-state index contributed by atoms with van der Waals surface area (Å²) in [4.78, 5) is 28.4. The van der Waals surface area contributed by atoms with Crippen molar-refractivity contribution in [3.63, 3.8) is 0 Å². The van der Waals surface area contributed by atoms with Gasteiger partial charge in [-0.2, -0.15) is 0 Å². The van der Waals surface area contributed by atoms with E-state index in [0.717, 1.165) is 29.5 Å². The maximum absolute atomic E-state index is 12.0. The minimum atomic E-state index is -0.286. The first-order valence-electron chi connectivity index (χ1n) is 8.86. The summed E-state index contributed by atoms with van der Waals surface area (Å²) in [5.41, 5.74) is 0.864. The third-order valence-corrected chi connectivity index (χ3v) is 5.90. The number of nitrogens with zero attached hydrogens (tertiary/aromatic N) is 1. The Morgan fingerprint density at radius 3 is 2.76 bits per heavy atom. The highest BCUT2D eigenvalue weighted by Gasteiger charge is 2.27. The molecular formula is C19H24N2O3S. The van der Waals surface area contributed by atoms with E-state index < -0.39 is 0 Å². The number of hydrogen-bond donors (Lipinski definition) is 1. The summed E-state index contributed by atoms with van der Waals surface area (Å²) in [6, 6.07) is 7.72. The van der Waals surface area contributed by atoms with Crippen LogP contribution in [0.15, 0.2) is 24.3 Å². The molecule has 2 aromatic rings. The molecule has 5 nitrogen and oxygen atoms in total. The molecule has 1 heterocycles. The minimum Gasteiger partial charge on any atom is -0.462 e. The van der Waals surface area contributed by atoms with Gasteiger partial charge in [0.25, 0.3) is 0 Å². The average Bonchev–Trinajstić information content (AvgIpc) is 2.98. The number of fused-ring (bicyclic) bond motifs is 1. The number of anilines is 1. The van der Waals surface area contributed by atoms with Gasteiger partial charge < -0.3 is 10.1 Å². The molecule has 0 aliphatic heterocycles. The standard InChI is InChI=1S/C19H24N2O3S/c1-12-7-8-14(11-13(12)2)24-18(23)10-9-17(22)21-19-20-15-5-3-4-6-16(15)25-19/h3-6,12-14H,7-11H2,1-2H3,(H,20,21,22)/t12-,13+,14+/m1/s1. The predicted molar refractivity (Wildman–Crippen MR) is 99.5 cm³/mol. The Balaban J connectivity index is 1.43. The summed E-state index contributed by atoms with van der Waals surface area (Å²) in [5.74, 6) is 0.774. The lowest BCUT2D eigenvalue weighted by molar-refractivity contribution is -0.152. The Labute approximate surface area is 151 Å². The molecule has 1 aromatic carbocycles. The van der Waals surface area contributed by atoms with Crippen molar-refractivity contribution in [1.29, 1.82) is 0 Å². The number of amides is 1. The van der Waals surface area contributed by atoms with Crippen molar-refractivity contribution in [2.45, 2.75) is 52.1 Å². The van der Waals surface area contributed by atoms with Crippen LogP contribution in [0.25, 0.3) is 10.2 Å². The zero-order chi connectivity index (χ0) is 17.8. The molecule has 1 aliphatic rings. The number of rotatable bonds is 5. The molecule has 0 radical (unpaired) electrons. The van der Waals surface area contributed by atoms with Gasteiger partial charge in [-0.05, 0) is 43.2 Å². The first-order chi connectivity index (χ1) is 12.0. The Hall–Kier alpha value is -1.95. The highest BCUT2D eigenvalue weighted by molar-refractivity contribution is 7.22. The van der Waals surface area contributed by atoms with E-state index in [1.807, 2.05) is 24.3 Å². The van der Waals surface area contributed by atoms with Gasteiger partial charge in [0, 0.05) is 6.42 Å². The summed E-state index contributed by atoms with van der Waals surface area (Å²) in [7, 11) is 0. The van der Waals surface area contributed by atoms with Crippen molar-refractivity contribution in [3.05, 3.63) is 24.3 Å². The van der Waals surface area contributed by atoms with Crippen molar-refractivity contribution in [2.24, 2.45) is 11.8 Å². The topological polar surface area (TPSA) is 68.3 Å². The molecular weight excluding hydrogens is 336 g/mol. The zero-order valence-corrected chi connectivity index (χ0v) is 15.5. The fraction of sp³-hybridized carbons (Fsp3) is 0.526. The molecule has 1 amide bonds. The normalized spacial score (nSPS) is 23.4. The van der Waals surface area contributed by atoms with Crippen molar-refractivity contribution in [1.82, 2.24) is 4.98 Å². The number of carbonyl (C=O) groups excluding carboxylic acids is 2. The third-order valence-electron chi connectivity index (χ3n) is 4.94. The molecule has 0 saturated heterocycles. The van der Waals surface area contributed by atoms with E-state index in [4.69, 9.17) is 4.74 Å². The van der Waals surface area contributed by atoms with Crippen molar-refractivity contribution in [3.8, 4) is 0 Å². The van der Waals surface area contributed by atoms with Crippen LogP contribution in [0.1, 0.15) is 46.0 Å². The second-order valence-corrected chi connectivity index (χ2v) is 7.95. The highest BCUT2D eigenvalue weighted by Crippen LogP contribution is 2.31. The van der Waals surface area contributed by atoms with Gasteiger partial charge in [0.2, 0.25) is 5.91 Å². The van der Waals surface area contributed by atoms with Crippen LogP contribution in [0.4, 0.5) is 5.13 Å². The summed E-state index contributed by atoms with van der Waals surface area (Å²) in [5, 5.41) is 3.33. The number of benzene rings is 1. The molecule has 0 unspecified atom stereocenters. The molecule has 3 rings (SSSR count). The quantitative estimate of drug-likeness (QED) is 0.803. The second kappa shape index (κ2) is 7.95. The molecule has 1 fully saturated rings. The average molecular weight is 360 g/mol. The molecule has 1 aromatic heterocycles. The number of esters is 1. The highest BCUT2D eigenvalue weighted by atomic mass is 32.1. The number of carbonyl (C=O) groups is 2. The predicted octanol–water partition coefficient (Wildman–Crippen LogP) is 4.38. The van der Waals surface area contributed by atoms with Crippen LogP contribution in [0, 0.1) is 11.8 Å². The molecule has 134 valence electrons. The Kier molecular flexibility index (Phi) is 5.68. The number of ether oxygens (including phenoxy) is 1. The van der Waals surface area contributed by atoms with Gasteiger partial charge >= 0.3 is 5.97 Å². The van der Waals surface area contributed by atoms with E-state index in [2.05, 4.69) is 24.1 Å². The van der Waals surface area contributed by atoms with E-state index in [9.17, 15) is 9.59 Å². The van der Waals surface area contributed by atoms with Gasteiger partial charge in [-0.3, -0.25) is 9.59 Å². The monoisotopic (exact) mass is 360 g/mol. The van der Waals surface area contributed by atoms with Crippen LogP contribution in [0.3, 0.4) is 0 Å². The van der Waals surface area contributed by atoms with Gasteiger partial charge in [-0.1, -0.05) is 37.3 Å². The molecule has 3 atom stereocenters. The SMILES string of the molecule is C[C@@H]1CC[C@H](OC(=O)CCC(=O)Nc2nc3ccccc3s2)C[C@@H]1C. The fourth-order valence-electron chi connectivity index (χ4n) is 3.17. The summed E-state index contributed by atoms with van der Waals surface area (Å²) in [6.45, 7) is 4.45. The largest absolute Gasteiger partial charge is 0.462 e. The third kappa shape index (κ3) is 4.78. The molecule has 1 N–H and O–H groups in total. The first kappa shape index (κ1) is 17.9. The van der Waals surface area contributed by atoms with E-state index in [1.54, 1.807) is 0 Å². The maximum Gasteiger partial charge on any atom is 0.306 e. The lowest BCUT2D eigenvalue weighted by Gasteiger charge is -2.31. The van der Waals surface area contributed by atoms with Gasteiger partial charge in [-0.25, -0.2) is 4.98 Å². The lowest BCUT2D eigenvalue weighted by atomic mass is 9.80. The van der Waals surface area contributed by atoms with Crippen LogP contribution in [-0.4, -0.2) is 23.0 Å². The maximum atomic E-state index is 12.0. The van der Waals surface area contributed by atoms with Crippen LogP contribution in [-0.2, 0) is 14.3 Å². The van der Waals surface area contributed by atoms with E-state index >= 15 is 0 Å². The van der Waals surface area contributed by atoms with Crippen LogP contribution < -0.4 is 5.32 Å². The Morgan fingerprint density at radius 1 is 1.20 bits per heavy atom. The first-order valence-corrected chi connectivity index (χ1v) is 9.68. The van der Waals surface area contributed by atoms with Crippen molar-refractivity contribution in [2.75, 3.05) is 5.32 Å². The van der Waals surface area contributed by atoms with Crippen molar-refractivity contribution < 1.29 is 14.3 Å². The minimum absolute atomic E-state index is 0.00558. The number of para-hydroxylation sites is 1. The number of hydrogen-bond acceptors (Lipinski definition) is 5. The second-order valence-electron chi connectivity index (χ2n) is 6.91. The Bertz CT molecular complexity index is 725.